The van der Waals surface area contributed by atoms with E-state index in [1.165, 1.54) is 4.90 Å². The fourth-order valence-electron chi connectivity index (χ4n) is 1.90. The molecule has 0 aromatic heterocycles. The van der Waals surface area contributed by atoms with Gasteiger partial charge < -0.3 is 15.5 Å². The molecule has 0 aliphatic carbocycles. The second-order valence-corrected chi connectivity index (χ2v) is 4.57. The van der Waals surface area contributed by atoms with Crippen LogP contribution >= 0.6 is 11.6 Å². The Morgan fingerprint density at radius 2 is 2.00 bits per heavy atom. The van der Waals surface area contributed by atoms with Gasteiger partial charge >= 0.3 is 11.8 Å². The van der Waals surface area contributed by atoms with Gasteiger partial charge in [0, 0.05) is 23.8 Å². The van der Waals surface area contributed by atoms with Crippen LogP contribution in [0.5, 0.6) is 0 Å². The van der Waals surface area contributed by atoms with Crippen LogP contribution in [0.3, 0.4) is 0 Å². The minimum atomic E-state index is -0.731. The van der Waals surface area contributed by atoms with Gasteiger partial charge in [-0.2, -0.15) is 0 Å². The number of piperazine rings is 1. The van der Waals surface area contributed by atoms with Gasteiger partial charge in [-0.05, 0) is 18.2 Å². The zero-order valence-corrected chi connectivity index (χ0v) is 10.8. The van der Waals surface area contributed by atoms with Crippen LogP contribution in [0.15, 0.2) is 24.3 Å². The van der Waals surface area contributed by atoms with E-state index in [1.54, 1.807) is 24.3 Å². The van der Waals surface area contributed by atoms with Crippen LogP contribution in [-0.4, -0.2) is 42.3 Å². The van der Waals surface area contributed by atoms with Crippen molar-refractivity contribution in [3.05, 3.63) is 29.3 Å². The van der Waals surface area contributed by atoms with Crippen LogP contribution in [0.1, 0.15) is 0 Å². The van der Waals surface area contributed by atoms with E-state index in [0.29, 0.717) is 17.3 Å². The maximum atomic E-state index is 12.0. The van der Waals surface area contributed by atoms with Crippen LogP contribution in [0.25, 0.3) is 0 Å². The Balaban J connectivity index is 2.17. The van der Waals surface area contributed by atoms with Crippen molar-refractivity contribution in [1.82, 2.24) is 4.90 Å². The smallest absolute Gasteiger partial charge is 0.316 e. The number of carbonyl (C=O) groups excluding carboxylic acids is 3. The Kier molecular flexibility index (Phi) is 3.71. The average Bonchev–Trinajstić information content (AvgIpc) is 2.35. The molecule has 6 nitrogen and oxygen atoms in total. The number of amides is 3. The van der Waals surface area contributed by atoms with Crippen molar-refractivity contribution >= 4 is 35.0 Å². The number of nitrogens with zero attached hydrogens (tertiary/aromatic N) is 2. The topological polar surface area (TPSA) is 83.7 Å². The summed E-state index contributed by atoms with van der Waals surface area (Å²) >= 11 is 5.85. The first-order valence-corrected chi connectivity index (χ1v) is 6.01. The van der Waals surface area contributed by atoms with E-state index < -0.39 is 17.7 Å². The van der Waals surface area contributed by atoms with Crippen molar-refractivity contribution in [2.75, 3.05) is 24.5 Å². The van der Waals surface area contributed by atoms with Gasteiger partial charge in [-0.25, -0.2) is 0 Å². The lowest BCUT2D eigenvalue weighted by Crippen LogP contribution is -2.56. The Hall–Kier alpha value is -2.08. The Labute approximate surface area is 114 Å². The second kappa shape index (κ2) is 5.27. The summed E-state index contributed by atoms with van der Waals surface area (Å²) in [5.74, 6) is -2.06. The molecule has 2 N–H and O–H groups in total. The van der Waals surface area contributed by atoms with Crippen molar-refractivity contribution < 1.29 is 14.4 Å². The summed E-state index contributed by atoms with van der Waals surface area (Å²) in [6.07, 6.45) is 0. The molecule has 0 atom stereocenters. The third-order valence-electron chi connectivity index (χ3n) is 2.78. The zero-order chi connectivity index (χ0) is 14.0. The molecule has 0 bridgehead atoms. The minimum Gasteiger partial charge on any atom is -0.368 e. The molecule has 1 aliphatic rings. The van der Waals surface area contributed by atoms with Crippen LogP contribution in [0, 0.1) is 0 Å². The van der Waals surface area contributed by atoms with E-state index in [1.807, 2.05) is 0 Å². The monoisotopic (exact) mass is 281 g/mol. The molecule has 1 aromatic rings. The quantitative estimate of drug-likeness (QED) is 0.792. The van der Waals surface area contributed by atoms with Crippen LogP contribution in [0.4, 0.5) is 5.69 Å². The summed E-state index contributed by atoms with van der Waals surface area (Å²) in [5.41, 5.74) is 5.58. The summed E-state index contributed by atoms with van der Waals surface area (Å²) in [7, 11) is 0. The van der Waals surface area contributed by atoms with E-state index in [2.05, 4.69) is 0 Å². The number of primary amides is 1. The molecule has 1 fully saturated rings. The lowest BCUT2D eigenvalue weighted by atomic mass is 10.2. The number of halogens is 1. The van der Waals surface area contributed by atoms with Crippen molar-refractivity contribution in [3.63, 3.8) is 0 Å². The summed E-state index contributed by atoms with van der Waals surface area (Å²) in [4.78, 5) is 37.1. The zero-order valence-electron chi connectivity index (χ0n) is 10.0. The summed E-state index contributed by atoms with van der Waals surface area (Å²) in [5, 5.41) is 0.484. The van der Waals surface area contributed by atoms with Gasteiger partial charge in [0.25, 0.3) is 0 Å². The number of nitrogens with two attached hydrogens (primary N) is 1. The van der Waals surface area contributed by atoms with Gasteiger partial charge in [-0.3, -0.25) is 14.4 Å². The van der Waals surface area contributed by atoms with Crippen molar-refractivity contribution in [2.45, 2.75) is 0 Å². The molecular weight excluding hydrogens is 270 g/mol. The van der Waals surface area contributed by atoms with Gasteiger partial charge in [0.1, 0.15) is 0 Å². The largest absolute Gasteiger partial charge is 0.368 e. The normalized spacial score (nSPS) is 15.8. The van der Waals surface area contributed by atoms with E-state index in [0.717, 1.165) is 4.90 Å². The van der Waals surface area contributed by atoms with E-state index in [9.17, 15) is 14.4 Å². The van der Waals surface area contributed by atoms with Crippen molar-refractivity contribution in [2.24, 2.45) is 5.73 Å². The average molecular weight is 282 g/mol. The first-order valence-electron chi connectivity index (χ1n) is 5.63. The molecular formula is C12H12ClN3O3. The van der Waals surface area contributed by atoms with Crippen LogP contribution in [0.2, 0.25) is 5.02 Å². The maximum Gasteiger partial charge on any atom is 0.316 e. The SMILES string of the molecule is NC(=O)CN1CCN(c2cccc(Cl)c2)C(=O)C1=O. The predicted octanol–water partition coefficient (Wildman–Crippen LogP) is 0.000500. The number of hydrogen-bond acceptors (Lipinski definition) is 3. The standard InChI is InChI=1S/C12H12ClN3O3/c13-8-2-1-3-9(6-8)16-5-4-15(7-10(14)17)11(18)12(16)19/h1-3,6H,4-5,7H2,(H2,14,17). The fraction of sp³-hybridized carbons (Fsp3) is 0.250. The number of hydrogen-bond donors (Lipinski definition) is 1. The molecule has 1 saturated heterocycles. The Morgan fingerprint density at radius 3 is 2.63 bits per heavy atom. The lowest BCUT2D eigenvalue weighted by Gasteiger charge is -2.33. The van der Waals surface area contributed by atoms with E-state index >= 15 is 0 Å². The molecule has 2 rings (SSSR count). The molecule has 1 heterocycles. The summed E-state index contributed by atoms with van der Waals surface area (Å²) < 4.78 is 0. The van der Waals surface area contributed by atoms with Crippen LogP contribution in [-0.2, 0) is 14.4 Å². The van der Waals surface area contributed by atoms with Crippen LogP contribution < -0.4 is 10.6 Å². The molecule has 1 aliphatic heterocycles. The van der Waals surface area contributed by atoms with Gasteiger partial charge in [0.15, 0.2) is 0 Å². The molecule has 100 valence electrons. The third kappa shape index (κ3) is 2.85. The minimum absolute atomic E-state index is 0.242. The van der Waals surface area contributed by atoms with E-state index in [4.69, 9.17) is 17.3 Å². The molecule has 1 aromatic carbocycles. The highest BCUT2D eigenvalue weighted by Gasteiger charge is 2.33. The first kappa shape index (κ1) is 13.4. The van der Waals surface area contributed by atoms with Gasteiger partial charge in [-0.15, -0.1) is 0 Å². The van der Waals surface area contributed by atoms with Gasteiger partial charge in [0.2, 0.25) is 5.91 Å². The number of carbonyl (C=O) groups is 3. The maximum absolute atomic E-state index is 12.0. The number of rotatable bonds is 3. The van der Waals surface area contributed by atoms with Crippen molar-refractivity contribution in [3.8, 4) is 0 Å². The predicted molar refractivity (Wildman–Crippen MR) is 69.6 cm³/mol. The number of benzene rings is 1. The second-order valence-electron chi connectivity index (χ2n) is 4.13. The number of anilines is 1. The van der Waals surface area contributed by atoms with Crippen molar-refractivity contribution in [1.29, 1.82) is 0 Å². The molecule has 0 spiro atoms. The summed E-state index contributed by atoms with van der Waals surface area (Å²) in [6.45, 7) is 0.326. The molecule has 0 radical (unpaired) electrons. The molecule has 0 unspecified atom stereocenters. The molecule has 7 heteroatoms. The van der Waals surface area contributed by atoms with Gasteiger partial charge in [-0.1, -0.05) is 17.7 Å². The Morgan fingerprint density at radius 1 is 1.26 bits per heavy atom. The lowest BCUT2D eigenvalue weighted by molar-refractivity contribution is -0.147. The molecule has 19 heavy (non-hydrogen) atoms. The highest BCUT2D eigenvalue weighted by atomic mass is 35.5. The fourth-order valence-corrected chi connectivity index (χ4v) is 2.09. The highest BCUT2D eigenvalue weighted by molar-refractivity contribution is 6.41. The molecule has 3 amide bonds. The first-order chi connectivity index (χ1) is 8.99. The molecule has 0 saturated carbocycles. The summed E-state index contributed by atoms with van der Waals surface area (Å²) in [6, 6.07) is 6.68. The van der Waals surface area contributed by atoms with E-state index in [-0.39, 0.29) is 13.1 Å². The third-order valence-corrected chi connectivity index (χ3v) is 3.01. The Bertz CT molecular complexity index is 547. The highest BCUT2D eigenvalue weighted by Crippen LogP contribution is 2.21. The van der Waals surface area contributed by atoms with Gasteiger partial charge in [0.05, 0.1) is 6.54 Å².